The van der Waals surface area contributed by atoms with Gasteiger partial charge in [-0.3, -0.25) is 0 Å². The summed E-state index contributed by atoms with van der Waals surface area (Å²) in [6.07, 6.45) is 4.16. The highest BCUT2D eigenvalue weighted by molar-refractivity contribution is 5.97. The Kier molecular flexibility index (Phi) is 3.46. The Hall–Kier alpha value is -1.78. The Balaban J connectivity index is 2.21. The number of nitrogens with two attached hydrogens (primary N) is 1. The number of aromatic nitrogens is 1. The van der Waals surface area contributed by atoms with Crippen LogP contribution in [-0.4, -0.2) is 29.1 Å². The number of hydrogen-bond acceptors (Lipinski definition) is 4. The molecular formula is C12H18N4O. The lowest BCUT2D eigenvalue weighted by atomic mass is 10.0. The van der Waals surface area contributed by atoms with Crippen molar-refractivity contribution in [2.45, 2.75) is 19.8 Å². The van der Waals surface area contributed by atoms with Gasteiger partial charge >= 0.3 is 0 Å². The molecule has 17 heavy (non-hydrogen) atoms. The van der Waals surface area contributed by atoms with Crippen molar-refractivity contribution in [2.75, 3.05) is 18.0 Å². The molecule has 0 aromatic carbocycles. The maximum atomic E-state index is 8.66. The zero-order chi connectivity index (χ0) is 12.3. The molecular weight excluding hydrogens is 216 g/mol. The van der Waals surface area contributed by atoms with E-state index in [2.05, 4.69) is 22.0 Å². The number of amidine groups is 1. The van der Waals surface area contributed by atoms with Gasteiger partial charge in [0.25, 0.3) is 0 Å². The first-order valence-electron chi connectivity index (χ1n) is 5.89. The number of oxime groups is 1. The lowest BCUT2D eigenvalue weighted by Crippen LogP contribution is -2.35. The van der Waals surface area contributed by atoms with Crippen LogP contribution in [0.15, 0.2) is 23.5 Å². The molecule has 0 saturated carbocycles. The van der Waals surface area contributed by atoms with Gasteiger partial charge in [0, 0.05) is 24.8 Å². The summed E-state index contributed by atoms with van der Waals surface area (Å²) in [6.45, 7) is 4.29. The third-order valence-electron chi connectivity index (χ3n) is 3.13. The van der Waals surface area contributed by atoms with Crippen LogP contribution in [0.25, 0.3) is 0 Å². The maximum absolute atomic E-state index is 8.66. The second-order valence-electron chi connectivity index (χ2n) is 4.58. The molecule has 1 fully saturated rings. The number of piperidine rings is 1. The molecule has 0 aliphatic carbocycles. The summed E-state index contributed by atoms with van der Waals surface area (Å²) in [7, 11) is 0. The van der Waals surface area contributed by atoms with Gasteiger partial charge in [0.1, 0.15) is 5.82 Å². The third-order valence-corrected chi connectivity index (χ3v) is 3.13. The van der Waals surface area contributed by atoms with E-state index in [1.807, 2.05) is 6.07 Å². The second kappa shape index (κ2) is 5.03. The van der Waals surface area contributed by atoms with Crippen LogP contribution in [-0.2, 0) is 0 Å². The van der Waals surface area contributed by atoms with Crippen molar-refractivity contribution in [1.82, 2.24) is 4.98 Å². The Morgan fingerprint density at radius 2 is 2.47 bits per heavy atom. The monoisotopic (exact) mass is 234 g/mol. The minimum Gasteiger partial charge on any atom is -0.409 e. The lowest BCUT2D eigenvalue weighted by Gasteiger charge is -2.31. The van der Waals surface area contributed by atoms with Gasteiger partial charge in [-0.1, -0.05) is 12.1 Å². The molecule has 5 nitrogen and oxygen atoms in total. The van der Waals surface area contributed by atoms with Gasteiger partial charge in [0.2, 0.25) is 0 Å². The average molecular weight is 234 g/mol. The van der Waals surface area contributed by atoms with E-state index in [-0.39, 0.29) is 5.84 Å². The molecule has 0 bridgehead atoms. The summed E-state index contributed by atoms with van der Waals surface area (Å²) >= 11 is 0. The zero-order valence-corrected chi connectivity index (χ0v) is 10.0. The van der Waals surface area contributed by atoms with Crippen LogP contribution in [0.5, 0.6) is 0 Å². The van der Waals surface area contributed by atoms with Crippen molar-refractivity contribution >= 4 is 11.7 Å². The van der Waals surface area contributed by atoms with Gasteiger partial charge in [0.05, 0.1) is 0 Å². The van der Waals surface area contributed by atoms with E-state index in [9.17, 15) is 0 Å². The van der Waals surface area contributed by atoms with Gasteiger partial charge < -0.3 is 15.8 Å². The van der Waals surface area contributed by atoms with E-state index in [1.165, 1.54) is 12.8 Å². The number of anilines is 1. The second-order valence-corrected chi connectivity index (χ2v) is 4.58. The minimum atomic E-state index is 0.124. The molecule has 1 aliphatic heterocycles. The average Bonchev–Trinajstić information content (AvgIpc) is 2.38. The van der Waals surface area contributed by atoms with Crippen LogP contribution in [0, 0.1) is 5.92 Å². The largest absolute Gasteiger partial charge is 0.409 e. The van der Waals surface area contributed by atoms with E-state index in [4.69, 9.17) is 10.9 Å². The van der Waals surface area contributed by atoms with Crippen LogP contribution in [0.1, 0.15) is 25.3 Å². The number of hydrogen-bond donors (Lipinski definition) is 2. The minimum absolute atomic E-state index is 0.124. The fraction of sp³-hybridized carbons (Fsp3) is 0.500. The first-order chi connectivity index (χ1) is 8.20. The van der Waals surface area contributed by atoms with E-state index in [1.54, 1.807) is 12.3 Å². The van der Waals surface area contributed by atoms with Crippen molar-refractivity contribution in [3.05, 3.63) is 23.9 Å². The molecule has 0 radical (unpaired) electrons. The normalized spacial score (nSPS) is 21.6. The fourth-order valence-electron chi connectivity index (χ4n) is 2.21. The first-order valence-corrected chi connectivity index (χ1v) is 5.89. The molecule has 1 aromatic rings. The summed E-state index contributed by atoms with van der Waals surface area (Å²) in [4.78, 5) is 6.60. The topological polar surface area (TPSA) is 74.7 Å². The number of rotatable bonds is 2. The molecule has 0 spiro atoms. The predicted octanol–water partition coefficient (Wildman–Crippen LogP) is 1.41. The van der Waals surface area contributed by atoms with Gasteiger partial charge in [-0.05, 0) is 30.9 Å². The van der Waals surface area contributed by atoms with Crippen LogP contribution < -0.4 is 10.6 Å². The van der Waals surface area contributed by atoms with Gasteiger partial charge in [0.15, 0.2) is 5.84 Å². The smallest absolute Gasteiger partial charge is 0.170 e. The first kappa shape index (κ1) is 11.7. The predicted molar refractivity (Wildman–Crippen MR) is 67.4 cm³/mol. The molecule has 92 valence electrons. The quantitative estimate of drug-likeness (QED) is 0.351. The Morgan fingerprint density at radius 1 is 1.65 bits per heavy atom. The highest BCUT2D eigenvalue weighted by Gasteiger charge is 2.17. The van der Waals surface area contributed by atoms with E-state index in [0.29, 0.717) is 11.5 Å². The van der Waals surface area contributed by atoms with Crippen LogP contribution in [0.3, 0.4) is 0 Å². The van der Waals surface area contributed by atoms with Crippen molar-refractivity contribution in [3.8, 4) is 0 Å². The zero-order valence-electron chi connectivity index (χ0n) is 10.0. The van der Waals surface area contributed by atoms with E-state index >= 15 is 0 Å². The van der Waals surface area contributed by atoms with Crippen LogP contribution in [0.4, 0.5) is 5.82 Å². The summed E-state index contributed by atoms with van der Waals surface area (Å²) in [6, 6.07) is 3.61. The molecule has 1 aliphatic rings. The van der Waals surface area contributed by atoms with Gasteiger partial charge in [-0.25, -0.2) is 4.98 Å². The Labute approximate surface area is 101 Å². The van der Waals surface area contributed by atoms with Gasteiger partial charge in [-0.15, -0.1) is 0 Å². The highest BCUT2D eigenvalue weighted by Crippen LogP contribution is 2.21. The van der Waals surface area contributed by atoms with Crippen molar-refractivity contribution in [1.29, 1.82) is 0 Å². The molecule has 1 unspecified atom stereocenters. The molecule has 1 aromatic heterocycles. The lowest BCUT2D eigenvalue weighted by molar-refractivity contribution is 0.318. The standard InChI is InChI=1S/C12H18N4O/c1-9-3-2-6-16(8-9)11-7-10(4-5-14-11)12(13)15-17/h4-5,7,9,17H,2-3,6,8H2,1H3,(H2,13,15). The Morgan fingerprint density at radius 3 is 3.18 bits per heavy atom. The molecule has 0 amide bonds. The molecule has 2 rings (SSSR count). The fourth-order valence-corrected chi connectivity index (χ4v) is 2.21. The van der Waals surface area contributed by atoms with E-state index in [0.717, 1.165) is 18.9 Å². The van der Waals surface area contributed by atoms with Crippen molar-refractivity contribution in [3.63, 3.8) is 0 Å². The molecule has 5 heteroatoms. The van der Waals surface area contributed by atoms with Crippen molar-refractivity contribution in [2.24, 2.45) is 16.8 Å². The molecule has 3 N–H and O–H groups in total. The highest BCUT2D eigenvalue weighted by atomic mass is 16.4. The molecule has 1 saturated heterocycles. The van der Waals surface area contributed by atoms with Crippen LogP contribution >= 0.6 is 0 Å². The molecule has 2 heterocycles. The number of nitrogens with zero attached hydrogens (tertiary/aromatic N) is 3. The number of pyridine rings is 1. The summed E-state index contributed by atoms with van der Waals surface area (Å²) < 4.78 is 0. The SMILES string of the molecule is CC1CCCN(c2cc(/C(N)=N/O)ccn2)C1. The van der Waals surface area contributed by atoms with Crippen molar-refractivity contribution < 1.29 is 5.21 Å². The third kappa shape index (κ3) is 2.67. The van der Waals surface area contributed by atoms with E-state index < -0.39 is 0 Å². The summed E-state index contributed by atoms with van der Waals surface area (Å²) in [5, 5.41) is 11.7. The molecule has 1 atom stereocenters. The summed E-state index contributed by atoms with van der Waals surface area (Å²) in [5.41, 5.74) is 6.28. The Bertz CT molecular complexity index is 419. The van der Waals surface area contributed by atoms with Gasteiger partial charge in [-0.2, -0.15) is 0 Å². The maximum Gasteiger partial charge on any atom is 0.170 e. The summed E-state index contributed by atoms with van der Waals surface area (Å²) in [5.74, 6) is 1.72. The van der Waals surface area contributed by atoms with Crippen LogP contribution in [0.2, 0.25) is 0 Å².